The number of amides is 2. The molecule has 0 atom stereocenters. The van der Waals surface area contributed by atoms with Crippen molar-refractivity contribution in [3.05, 3.63) is 35.5 Å². The van der Waals surface area contributed by atoms with Crippen molar-refractivity contribution in [2.75, 3.05) is 11.9 Å². The fourth-order valence-corrected chi connectivity index (χ4v) is 1.43. The van der Waals surface area contributed by atoms with Gasteiger partial charge in [-0.1, -0.05) is 0 Å². The van der Waals surface area contributed by atoms with Crippen LogP contribution in [0.3, 0.4) is 0 Å². The Balaban J connectivity index is 1.91. The van der Waals surface area contributed by atoms with E-state index in [1.54, 1.807) is 18.2 Å². The van der Waals surface area contributed by atoms with Crippen LogP contribution >= 0.6 is 0 Å². The average Bonchev–Trinajstić information content (AvgIpc) is 3.13. The zero-order valence-electron chi connectivity index (χ0n) is 10.5. The number of carbonyl (C=O) groups is 2. The van der Waals surface area contributed by atoms with Crippen LogP contribution in [-0.2, 0) is 4.79 Å². The first-order valence-electron chi connectivity index (χ1n) is 5.65. The van der Waals surface area contributed by atoms with Crippen molar-refractivity contribution in [3.8, 4) is 12.1 Å². The first-order chi connectivity index (χ1) is 10.1. The Morgan fingerprint density at radius 3 is 2.76 bits per heavy atom. The van der Waals surface area contributed by atoms with Gasteiger partial charge in [-0.3, -0.25) is 14.9 Å². The summed E-state index contributed by atoms with van der Waals surface area (Å²) in [5.74, 6) is -1.07. The van der Waals surface area contributed by atoms with Crippen LogP contribution in [0.4, 0.5) is 5.95 Å². The van der Waals surface area contributed by atoms with Crippen molar-refractivity contribution >= 4 is 17.8 Å². The molecule has 2 rings (SSSR count). The lowest BCUT2D eigenvalue weighted by molar-refractivity contribution is -0.115. The summed E-state index contributed by atoms with van der Waals surface area (Å²) in [6.07, 6.45) is 1.34. The summed E-state index contributed by atoms with van der Waals surface area (Å²) in [6, 6.07) is 6.45. The molecule has 0 radical (unpaired) electrons. The SMILES string of the molecule is N#Cc1nc(NC(=O)CNC(=O)c2ccco2)[nH]c1C#N. The van der Waals surface area contributed by atoms with Crippen molar-refractivity contribution in [2.45, 2.75) is 0 Å². The largest absolute Gasteiger partial charge is 0.459 e. The third-order valence-electron chi connectivity index (χ3n) is 2.33. The summed E-state index contributed by atoms with van der Waals surface area (Å²) < 4.78 is 4.86. The molecule has 0 aliphatic heterocycles. The second-order valence-electron chi connectivity index (χ2n) is 3.74. The van der Waals surface area contributed by atoms with E-state index < -0.39 is 11.8 Å². The van der Waals surface area contributed by atoms with Gasteiger partial charge in [-0.25, -0.2) is 4.98 Å². The van der Waals surface area contributed by atoms with Gasteiger partial charge in [-0.2, -0.15) is 10.5 Å². The van der Waals surface area contributed by atoms with Gasteiger partial charge in [0.05, 0.1) is 12.8 Å². The number of imidazole rings is 1. The monoisotopic (exact) mass is 284 g/mol. The van der Waals surface area contributed by atoms with Gasteiger partial charge in [0.2, 0.25) is 11.9 Å². The molecule has 2 amide bonds. The maximum atomic E-state index is 11.6. The van der Waals surface area contributed by atoms with Crippen LogP contribution in [0.1, 0.15) is 21.9 Å². The number of aromatic nitrogens is 2. The maximum Gasteiger partial charge on any atom is 0.287 e. The van der Waals surface area contributed by atoms with Crippen LogP contribution in [-0.4, -0.2) is 28.3 Å². The standard InChI is InChI=1S/C12H8N6O3/c13-4-7-8(5-14)17-12(16-7)18-10(19)6-15-11(20)9-2-1-3-21-9/h1-3H,6H2,(H,15,20)(H2,16,17,18,19). The molecule has 0 unspecified atom stereocenters. The Bertz CT molecular complexity index is 716. The highest BCUT2D eigenvalue weighted by molar-refractivity contribution is 5.97. The topological polar surface area (TPSA) is 148 Å². The van der Waals surface area contributed by atoms with Crippen LogP contribution < -0.4 is 10.6 Å². The van der Waals surface area contributed by atoms with Crippen LogP contribution in [0.25, 0.3) is 0 Å². The molecule has 2 heterocycles. The predicted octanol–water partition coefficient (Wildman–Crippen LogP) is 0.115. The predicted molar refractivity (Wildman–Crippen MR) is 67.7 cm³/mol. The van der Waals surface area contributed by atoms with Gasteiger partial charge >= 0.3 is 0 Å². The van der Waals surface area contributed by atoms with Gasteiger partial charge in [0.15, 0.2) is 17.1 Å². The van der Waals surface area contributed by atoms with E-state index in [1.807, 2.05) is 0 Å². The number of hydrogen-bond donors (Lipinski definition) is 3. The number of carbonyl (C=O) groups excluding carboxylic acids is 2. The molecule has 0 saturated carbocycles. The Hall–Kier alpha value is -3.59. The van der Waals surface area contributed by atoms with Gasteiger partial charge in [0.1, 0.15) is 12.1 Å². The molecule has 0 aliphatic rings. The third-order valence-corrected chi connectivity index (χ3v) is 2.33. The Labute approximate surface area is 118 Å². The smallest absolute Gasteiger partial charge is 0.287 e. The second-order valence-corrected chi connectivity index (χ2v) is 3.74. The zero-order valence-corrected chi connectivity index (χ0v) is 10.5. The van der Waals surface area contributed by atoms with Crippen molar-refractivity contribution in [1.29, 1.82) is 10.5 Å². The summed E-state index contributed by atoms with van der Waals surface area (Å²) in [4.78, 5) is 29.3. The van der Waals surface area contributed by atoms with E-state index in [0.717, 1.165) is 0 Å². The third kappa shape index (κ3) is 3.24. The minimum Gasteiger partial charge on any atom is -0.459 e. The summed E-state index contributed by atoms with van der Waals surface area (Å²) in [7, 11) is 0. The van der Waals surface area contributed by atoms with E-state index in [0.29, 0.717) is 0 Å². The van der Waals surface area contributed by atoms with Gasteiger partial charge in [-0.15, -0.1) is 0 Å². The molecule has 0 aromatic carbocycles. The second kappa shape index (κ2) is 6.04. The lowest BCUT2D eigenvalue weighted by atomic mass is 10.4. The van der Waals surface area contributed by atoms with Crippen molar-refractivity contribution in [2.24, 2.45) is 0 Å². The van der Waals surface area contributed by atoms with Gasteiger partial charge in [0.25, 0.3) is 5.91 Å². The van der Waals surface area contributed by atoms with Crippen molar-refractivity contribution in [1.82, 2.24) is 15.3 Å². The van der Waals surface area contributed by atoms with Crippen LogP contribution in [0.15, 0.2) is 22.8 Å². The van der Waals surface area contributed by atoms with E-state index in [1.165, 1.54) is 12.3 Å². The molecular weight excluding hydrogens is 276 g/mol. The summed E-state index contributed by atoms with van der Waals surface area (Å²) in [5.41, 5.74) is -0.167. The summed E-state index contributed by atoms with van der Waals surface area (Å²) in [5, 5.41) is 22.1. The van der Waals surface area contributed by atoms with Gasteiger partial charge in [0, 0.05) is 0 Å². The number of nitrogens with one attached hydrogen (secondary N) is 3. The Morgan fingerprint density at radius 1 is 1.38 bits per heavy atom. The number of nitrogens with zero attached hydrogens (tertiary/aromatic N) is 3. The molecule has 0 bridgehead atoms. The lowest BCUT2D eigenvalue weighted by Crippen LogP contribution is -2.32. The molecule has 3 N–H and O–H groups in total. The highest BCUT2D eigenvalue weighted by Crippen LogP contribution is 2.07. The molecule has 2 aromatic rings. The molecule has 0 fully saturated rings. The van der Waals surface area contributed by atoms with E-state index in [2.05, 4.69) is 20.6 Å². The first kappa shape index (κ1) is 13.8. The zero-order chi connectivity index (χ0) is 15.2. The minimum absolute atomic E-state index is 0.0413. The number of nitriles is 2. The number of rotatable bonds is 4. The molecule has 0 aliphatic carbocycles. The van der Waals surface area contributed by atoms with Crippen LogP contribution in [0.2, 0.25) is 0 Å². The Kier molecular flexibility index (Phi) is 3.98. The van der Waals surface area contributed by atoms with Gasteiger partial charge < -0.3 is 14.7 Å². The van der Waals surface area contributed by atoms with E-state index >= 15 is 0 Å². The fraction of sp³-hybridized carbons (Fsp3) is 0.0833. The summed E-state index contributed by atoms with van der Waals surface area (Å²) in [6.45, 7) is -0.315. The molecule has 0 saturated heterocycles. The molecule has 2 aromatic heterocycles. The highest BCUT2D eigenvalue weighted by atomic mass is 16.3. The highest BCUT2D eigenvalue weighted by Gasteiger charge is 2.13. The van der Waals surface area contributed by atoms with Gasteiger partial charge in [-0.05, 0) is 12.1 Å². The number of anilines is 1. The molecular formula is C12H8N6O3. The van der Waals surface area contributed by atoms with E-state index in [4.69, 9.17) is 14.9 Å². The van der Waals surface area contributed by atoms with Crippen LogP contribution in [0.5, 0.6) is 0 Å². The number of aromatic amines is 1. The average molecular weight is 284 g/mol. The molecule has 21 heavy (non-hydrogen) atoms. The normalized spacial score (nSPS) is 9.43. The van der Waals surface area contributed by atoms with E-state index in [-0.39, 0.29) is 29.6 Å². The Morgan fingerprint density at radius 2 is 2.19 bits per heavy atom. The molecule has 104 valence electrons. The van der Waals surface area contributed by atoms with Crippen molar-refractivity contribution in [3.63, 3.8) is 0 Å². The fourth-order valence-electron chi connectivity index (χ4n) is 1.43. The number of hydrogen-bond acceptors (Lipinski definition) is 6. The van der Waals surface area contributed by atoms with E-state index in [9.17, 15) is 9.59 Å². The minimum atomic E-state index is -0.572. The first-order valence-corrected chi connectivity index (χ1v) is 5.65. The molecule has 9 nitrogen and oxygen atoms in total. The maximum absolute atomic E-state index is 11.6. The molecule has 0 spiro atoms. The number of H-pyrrole nitrogens is 1. The molecule has 9 heteroatoms. The lowest BCUT2D eigenvalue weighted by Gasteiger charge is -2.03. The van der Waals surface area contributed by atoms with Crippen LogP contribution in [0, 0.1) is 22.7 Å². The van der Waals surface area contributed by atoms with Crippen molar-refractivity contribution < 1.29 is 14.0 Å². The quantitative estimate of drug-likeness (QED) is 0.725. The number of furan rings is 1. The summed E-state index contributed by atoms with van der Waals surface area (Å²) >= 11 is 0.